The van der Waals surface area contributed by atoms with Crippen LogP contribution in [0.25, 0.3) is 0 Å². The zero-order chi connectivity index (χ0) is 14.5. The van der Waals surface area contributed by atoms with Crippen LogP contribution >= 0.6 is 0 Å². The maximum Gasteiger partial charge on any atom is 0.230 e. The highest BCUT2D eigenvalue weighted by atomic mass is 28.4. The van der Waals surface area contributed by atoms with Gasteiger partial charge < -0.3 is 4.43 Å². The van der Waals surface area contributed by atoms with E-state index in [2.05, 4.69) is 71.9 Å². The molecular formula is C17H30OSi. The second-order valence-corrected chi connectivity index (χ2v) is 10.3. The Morgan fingerprint density at radius 2 is 1.37 bits per heavy atom. The van der Waals surface area contributed by atoms with E-state index < -0.39 is 8.32 Å². The lowest BCUT2D eigenvalue weighted by Crippen LogP contribution is -2.58. The topological polar surface area (TPSA) is 9.23 Å². The van der Waals surface area contributed by atoms with Gasteiger partial charge in [-0.1, -0.05) is 70.9 Å². The van der Waals surface area contributed by atoms with Crippen molar-refractivity contribution in [2.45, 2.75) is 71.6 Å². The lowest BCUT2D eigenvalue weighted by atomic mass is 10.3. The fraction of sp³-hybridized carbons (Fsp3) is 0.647. The Bertz CT molecular complexity index is 351. The van der Waals surface area contributed by atoms with Crippen LogP contribution in [0.15, 0.2) is 30.3 Å². The zero-order valence-electron chi connectivity index (χ0n) is 13.4. The Balaban J connectivity index is 3.34. The molecule has 0 saturated carbocycles. The van der Waals surface area contributed by atoms with Crippen molar-refractivity contribution in [2.75, 3.05) is 0 Å². The summed E-state index contributed by atoms with van der Waals surface area (Å²) in [6.07, 6.45) is 2.69. The second kappa shape index (κ2) is 7.25. The number of hydrogen-bond acceptors (Lipinski definition) is 1. The second-order valence-electron chi connectivity index (χ2n) is 5.94. The van der Waals surface area contributed by atoms with E-state index in [0.717, 1.165) is 0 Å². The molecule has 2 heteroatoms. The average molecular weight is 279 g/mol. The highest BCUT2D eigenvalue weighted by Gasteiger charge is 2.46. The van der Waals surface area contributed by atoms with E-state index in [1.165, 1.54) is 18.0 Å². The molecule has 108 valence electrons. The normalized spacial score (nSPS) is 18.1. The third-order valence-electron chi connectivity index (χ3n) is 4.34. The maximum absolute atomic E-state index is 6.67. The van der Waals surface area contributed by atoms with Crippen molar-refractivity contribution in [1.29, 1.82) is 0 Å². The Labute approximate surface area is 120 Å². The van der Waals surface area contributed by atoms with Gasteiger partial charge in [0, 0.05) is 6.10 Å². The fourth-order valence-corrected chi connectivity index (χ4v) is 8.47. The Morgan fingerprint density at radius 3 is 1.74 bits per heavy atom. The van der Waals surface area contributed by atoms with Crippen molar-refractivity contribution < 1.29 is 4.43 Å². The van der Waals surface area contributed by atoms with E-state index in [1.807, 2.05) is 0 Å². The van der Waals surface area contributed by atoms with Crippen molar-refractivity contribution in [2.24, 2.45) is 0 Å². The van der Waals surface area contributed by atoms with Crippen LogP contribution < -0.4 is 5.19 Å². The maximum atomic E-state index is 6.67. The van der Waals surface area contributed by atoms with Crippen molar-refractivity contribution in [3.05, 3.63) is 30.3 Å². The molecule has 2 atom stereocenters. The van der Waals surface area contributed by atoms with Gasteiger partial charge in [-0.05, 0) is 30.1 Å². The van der Waals surface area contributed by atoms with Crippen LogP contribution in [0, 0.1) is 0 Å². The SMILES string of the molecule is CCC(C)[Si](OC(C)C)(c1ccccc1)C(C)CC. The van der Waals surface area contributed by atoms with Crippen molar-refractivity contribution in [3.8, 4) is 0 Å². The minimum absolute atomic E-state index is 0.301. The molecule has 1 aromatic carbocycles. The van der Waals surface area contributed by atoms with Gasteiger partial charge in [0.1, 0.15) is 0 Å². The molecule has 0 fully saturated rings. The lowest BCUT2D eigenvalue weighted by Gasteiger charge is -2.42. The first kappa shape index (κ1) is 16.5. The first-order valence-corrected chi connectivity index (χ1v) is 9.78. The first-order chi connectivity index (χ1) is 8.98. The monoisotopic (exact) mass is 278 g/mol. The fourth-order valence-electron chi connectivity index (χ4n) is 3.05. The van der Waals surface area contributed by atoms with E-state index in [9.17, 15) is 0 Å². The highest BCUT2D eigenvalue weighted by Crippen LogP contribution is 2.38. The van der Waals surface area contributed by atoms with Crippen LogP contribution in [-0.2, 0) is 4.43 Å². The molecule has 0 radical (unpaired) electrons. The Hall–Kier alpha value is -0.603. The van der Waals surface area contributed by atoms with Gasteiger partial charge in [-0.15, -0.1) is 0 Å². The molecule has 1 aromatic rings. The first-order valence-electron chi connectivity index (χ1n) is 7.72. The van der Waals surface area contributed by atoms with E-state index in [4.69, 9.17) is 4.43 Å². The third kappa shape index (κ3) is 3.49. The summed E-state index contributed by atoms with van der Waals surface area (Å²) >= 11 is 0. The standard InChI is InChI=1S/C17H30OSi/c1-7-15(5)19(16(6)8-2,18-14(3)4)17-12-10-9-11-13-17/h9-16H,7-8H2,1-6H3. The van der Waals surface area contributed by atoms with Crippen LogP contribution in [0.4, 0.5) is 0 Å². The van der Waals surface area contributed by atoms with Gasteiger partial charge in [-0.3, -0.25) is 0 Å². The Morgan fingerprint density at radius 1 is 0.895 bits per heavy atom. The molecule has 0 aliphatic rings. The van der Waals surface area contributed by atoms with E-state index in [-0.39, 0.29) is 0 Å². The summed E-state index contributed by atoms with van der Waals surface area (Å²) in [5, 5.41) is 1.47. The number of hydrogen-bond donors (Lipinski definition) is 0. The summed E-state index contributed by atoms with van der Waals surface area (Å²) in [4.78, 5) is 0. The quantitative estimate of drug-likeness (QED) is 0.647. The molecule has 1 rings (SSSR count). The van der Waals surface area contributed by atoms with Crippen molar-refractivity contribution in [3.63, 3.8) is 0 Å². The zero-order valence-corrected chi connectivity index (χ0v) is 14.4. The van der Waals surface area contributed by atoms with E-state index in [1.54, 1.807) is 0 Å². The molecule has 0 bridgehead atoms. The third-order valence-corrected chi connectivity index (χ3v) is 10.2. The van der Waals surface area contributed by atoms with Gasteiger partial charge in [0.15, 0.2) is 0 Å². The predicted octanol–water partition coefficient (Wildman–Crippen LogP) is 4.86. The molecule has 0 N–H and O–H groups in total. The molecule has 1 nitrogen and oxygen atoms in total. The molecule has 0 amide bonds. The van der Waals surface area contributed by atoms with Gasteiger partial charge >= 0.3 is 0 Å². The van der Waals surface area contributed by atoms with Crippen LogP contribution in [0.2, 0.25) is 11.1 Å². The van der Waals surface area contributed by atoms with Gasteiger partial charge in [0.05, 0.1) is 0 Å². The van der Waals surface area contributed by atoms with Crippen LogP contribution in [0.1, 0.15) is 54.4 Å². The molecule has 0 heterocycles. The van der Waals surface area contributed by atoms with Crippen molar-refractivity contribution in [1.82, 2.24) is 0 Å². The summed E-state index contributed by atoms with van der Waals surface area (Å²) in [5.74, 6) is 0. The van der Waals surface area contributed by atoms with Crippen LogP contribution in [0.5, 0.6) is 0 Å². The van der Waals surface area contributed by atoms with E-state index >= 15 is 0 Å². The smallest absolute Gasteiger partial charge is 0.230 e. The van der Waals surface area contributed by atoms with Crippen LogP contribution in [-0.4, -0.2) is 14.4 Å². The van der Waals surface area contributed by atoms with Crippen LogP contribution in [0.3, 0.4) is 0 Å². The molecule has 19 heavy (non-hydrogen) atoms. The molecule has 0 saturated heterocycles. The van der Waals surface area contributed by atoms with Gasteiger partial charge in [0.25, 0.3) is 0 Å². The molecule has 0 spiro atoms. The molecule has 2 unspecified atom stereocenters. The summed E-state index contributed by atoms with van der Waals surface area (Å²) in [5.41, 5.74) is 1.29. The summed E-state index contributed by atoms with van der Waals surface area (Å²) < 4.78 is 6.67. The molecule has 0 aromatic heterocycles. The lowest BCUT2D eigenvalue weighted by molar-refractivity contribution is 0.219. The summed E-state index contributed by atoms with van der Waals surface area (Å²) in [7, 11) is -1.94. The molecular weight excluding hydrogens is 248 g/mol. The highest BCUT2D eigenvalue weighted by molar-refractivity contribution is 6.88. The number of rotatable bonds is 7. The summed E-state index contributed by atoms with van der Waals surface area (Å²) in [6.45, 7) is 13.7. The van der Waals surface area contributed by atoms with Gasteiger partial charge in [-0.2, -0.15) is 0 Å². The van der Waals surface area contributed by atoms with Crippen molar-refractivity contribution >= 4 is 13.5 Å². The summed E-state index contributed by atoms with van der Waals surface area (Å²) in [6, 6.07) is 11.0. The number of benzene rings is 1. The average Bonchev–Trinajstić information content (AvgIpc) is 2.43. The predicted molar refractivity (Wildman–Crippen MR) is 87.5 cm³/mol. The van der Waals surface area contributed by atoms with Gasteiger partial charge in [-0.25, -0.2) is 0 Å². The van der Waals surface area contributed by atoms with E-state index in [0.29, 0.717) is 17.2 Å². The molecule has 0 aliphatic heterocycles. The minimum atomic E-state index is -1.94. The molecule has 0 aliphatic carbocycles. The van der Waals surface area contributed by atoms with Gasteiger partial charge in [0.2, 0.25) is 8.32 Å². The Kier molecular flexibility index (Phi) is 6.28. The largest absolute Gasteiger partial charge is 0.410 e. The minimum Gasteiger partial charge on any atom is -0.410 e.